The van der Waals surface area contributed by atoms with Crippen molar-refractivity contribution in [1.82, 2.24) is 10.6 Å². The summed E-state index contributed by atoms with van der Waals surface area (Å²) in [6.45, 7) is 0. The van der Waals surface area contributed by atoms with Gasteiger partial charge in [-0.2, -0.15) is 0 Å². The molecule has 0 aliphatic heterocycles. The standard InChI is InChI=1S/C16H14N2O5/c19-12-9-5-4-8-11(12)14(20)18-16(23)17-13(15(21)22)10-6-2-1-3-7-10/h1-9,13,19H,(H,21,22)(H2,17,18,20,23). The van der Waals surface area contributed by atoms with Crippen LogP contribution >= 0.6 is 0 Å². The maximum atomic E-state index is 11.9. The number of carbonyl (C=O) groups excluding carboxylic acids is 2. The van der Waals surface area contributed by atoms with E-state index in [0.717, 1.165) is 0 Å². The lowest BCUT2D eigenvalue weighted by molar-refractivity contribution is -0.139. The molecule has 4 N–H and O–H groups in total. The summed E-state index contributed by atoms with van der Waals surface area (Å²) < 4.78 is 0. The number of carbonyl (C=O) groups is 3. The van der Waals surface area contributed by atoms with Crippen molar-refractivity contribution in [2.24, 2.45) is 0 Å². The minimum Gasteiger partial charge on any atom is -0.507 e. The zero-order chi connectivity index (χ0) is 16.8. The summed E-state index contributed by atoms with van der Waals surface area (Å²) in [6.07, 6.45) is 0. The maximum absolute atomic E-state index is 11.9. The Kier molecular flexibility index (Phi) is 4.93. The summed E-state index contributed by atoms with van der Waals surface area (Å²) in [7, 11) is 0. The van der Waals surface area contributed by atoms with Crippen molar-refractivity contribution in [2.45, 2.75) is 6.04 Å². The topological polar surface area (TPSA) is 116 Å². The van der Waals surface area contributed by atoms with E-state index in [1.165, 1.54) is 24.3 Å². The molecule has 2 aromatic carbocycles. The Morgan fingerprint density at radius 2 is 1.52 bits per heavy atom. The van der Waals surface area contributed by atoms with Crippen LogP contribution in [0.4, 0.5) is 4.79 Å². The third-order valence-corrected chi connectivity index (χ3v) is 3.03. The lowest BCUT2D eigenvalue weighted by atomic mass is 10.1. The first-order valence-corrected chi connectivity index (χ1v) is 6.66. The molecular formula is C16H14N2O5. The number of rotatable bonds is 4. The van der Waals surface area contributed by atoms with Crippen LogP contribution in [0.1, 0.15) is 22.0 Å². The van der Waals surface area contributed by atoms with Crippen LogP contribution < -0.4 is 10.6 Å². The Morgan fingerprint density at radius 1 is 0.913 bits per heavy atom. The summed E-state index contributed by atoms with van der Waals surface area (Å²) in [5.74, 6) is -2.38. The molecule has 0 heterocycles. The summed E-state index contributed by atoms with van der Waals surface area (Å²) in [4.78, 5) is 35.0. The SMILES string of the molecule is O=C(NC(=O)c1ccccc1O)NC(C(=O)O)c1ccccc1. The van der Waals surface area contributed by atoms with Crippen LogP contribution in [-0.4, -0.2) is 28.1 Å². The lowest BCUT2D eigenvalue weighted by Gasteiger charge is -2.15. The number of carboxylic acid groups (broad SMARTS) is 1. The molecule has 0 saturated carbocycles. The average Bonchev–Trinajstić information content (AvgIpc) is 2.53. The molecule has 7 heteroatoms. The van der Waals surface area contributed by atoms with Crippen LogP contribution in [0.25, 0.3) is 0 Å². The largest absolute Gasteiger partial charge is 0.507 e. The van der Waals surface area contributed by atoms with Crippen LogP contribution in [-0.2, 0) is 4.79 Å². The Morgan fingerprint density at radius 3 is 2.13 bits per heavy atom. The molecule has 2 aromatic rings. The van der Waals surface area contributed by atoms with Crippen LogP contribution in [0.5, 0.6) is 5.75 Å². The fourth-order valence-corrected chi connectivity index (χ4v) is 1.94. The normalized spacial score (nSPS) is 11.3. The van der Waals surface area contributed by atoms with Crippen molar-refractivity contribution in [3.63, 3.8) is 0 Å². The van der Waals surface area contributed by atoms with Gasteiger partial charge >= 0.3 is 12.0 Å². The average molecular weight is 314 g/mol. The molecule has 0 spiro atoms. The van der Waals surface area contributed by atoms with E-state index in [1.54, 1.807) is 30.3 Å². The highest BCUT2D eigenvalue weighted by Crippen LogP contribution is 2.15. The second kappa shape index (κ2) is 7.08. The molecule has 0 radical (unpaired) electrons. The number of hydrogen-bond acceptors (Lipinski definition) is 4. The van der Waals surface area contributed by atoms with Crippen molar-refractivity contribution < 1.29 is 24.6 Å². The smallest absolute Gasteiger partial charge is 0.330 e. The number of aromatic hydroxyl groups is 1. The Labute approximate surface area is 131 Å². The number of nitrogens with one attached hydrogen (secondary N) is 2. The van der Waals surface area contributed by atoms with Gasteiger partial charge in [0.1, 0.15) is 5.75 Å². The van der Waals surface area contributed by atoms with E-state index >= 15 is 0 Å². The van der Waals surface area contributed by atoms with Gasteiger partial charge in [0.2, 0.25) is 0 Å². The van der Waals surface area contributed by atoms with Crippen molar-refractivity contribution in [1.29, 1.82) is 0 Å². The van der Waals surface area contributed by atoms with Crippen molar-refractivity contribution in [3.8, 4) is 5.75 Å². The van der Waals surface area contributed by atoms with E-state index in [9.17, 15) is 24.6 Å². The van der Waals surface area contributed by atoms with Gasteiger partial charge in [0.25, 0.3) is 5.91 Å². The molecule has 3 amide bonds. The Balaban J connectivity index is 2.07. The first kappa shape index (κ1) is 16.0. The molecule has 1 unspecified atom stereocenters. The molecule has 1 atom stereocenters. The molecule has 0 aromatic heterocycles. The first-order valence-electron chi connectivity index (χ1n) is 6.66. The monoisotopic (exact) mass is 314 g/mol. The van der Waals surface area contributed by atoms with Gasteiger partial charge in [-0.05, 0) is 17.7 Å². The van der Waals surface area contributed by atoms with Gasteiger partial charge in [-0.3, -0.25) is 10.1 Å². The van der Waals surface area contributed by atoms with Crippen LogP contribution in [0.2, 0.25) is 0 Å². The molecule has 0 aliphatic carbocycles. The number of phenols is 1. The first-order chi connectivity index (χ1) is 11.0. The van der Waals surface area contributed by atoms with E-state index in [0.29, 0.717) is 5.56 Å². The van der Waals surface area contributed by atoms with Gasteiger partial charge in [0.15, 0.2) is 6.04 Å². The highest BCUT2D eigenvalue weighted by molar-refractivity contribution is 6.06. The van der Waals surface area contributed by atoms with E-state index in [4.69, 9.17) is 0 Å². The number of aliphatic carboxylic acids is 1. The lowest BCUT2D eigenvalue weighted by Crippen LogP contribution is -2.43. The second-order valence-electron chi connectivity index (χ2n) is 4.63. The Hall–Kier alpha value is -3.35. The minimum absolute atomic E-state index is 0.0887. The third-order valence-electron chi connectivity index (χ3n) is 3.03. The molecule has 118 valence electrons. The Bertz CT molecular complexity index is 730. The number of benzene rings is 2. The molecular weight excluding hydrogens is 300 g/mol. The number of phenolic OH excluding ortho intramolecular Hbond substituents is 1. The number of hydrogen-bond donors (Lipinski definition) is 4. The van der Waals surface area contributed by atoms with E-state index in [-0.39, 0.29) is 11.3 Å². The van der Waals surface area contributed by atoms with Crippen LogP contribution in [0.15, 0.2) is 54.6 Å². The fourth-order valence-electron chi connectivity index (χ4n) is 1.94. The number of amides is 3. The van der Waals surface area contributed by atoms with Gasteiger partial charge in [0.05, 0.1) is 5.56 Å². The van der Waals surface area contributed by atoms with E-state index < -0.39 is 23.9 Å². The maximum Gasteiger partial charge on any atom is 0.330 e. The number of para-hydroxylation sites is 1. The van der Waals surface area contributed by atoms with Crippen molar-refractivity contribution >= 4 is 17.9 Å². The quantitative estimate of drug-likeness (QED) is 0.685. The van der Waals surface area contributed by atoms with Crippen LogP contribution in [0.3, 0.4) is 0 Å². The highest BCUT2D eigenvalue weighted by atomic mass is 16.4. The molecule has 0 aliphatic rings. The molecule has 0 bridgehead atoms. The zero-order valence-electron chi connectivity index (χ0n) is 11.9. The summed E-state index contributed by atoms with van der Waals surface area (Å²) in [5.41, 5.74) is 0.277. The van der Waals surface area contributed by atoms with Crippen molar-refractivity contribution in [2.75, 3.05) is 0 Å². The fraction of sp³-hybridized carbons (Fsp3) is 0.0625. The molecule has 0 saturated heterocycles. The number of urea groups is 1. The number of imide groups is 1. The zero-order valence-corrected chi connectivity index (χ0v) is 11.9. The summed E-state index contributed by atoms with van der Waals surface area (Å²) >= 11 is 0. The summed E-state index contributed by atoms with van der Waals surface area (Å²) in [6, 6.07) is 11.5. The highest BCUT2D eigenvalue weighted by Gasteiger charge is 2.23. The van der Waals surface area contributed by atoms with E-state index in [2.05, 4.69) is 5.32 Å². The number of carboxylic acids is 1. The van der Waals surface area contributed by atoms with Gasteiger partial charge in [-0.1, -0.05) is 42.5 Å². The third kappa shape index (κ3) is 4.07. The molecule has 0 fully saturated rings. The van der Waals surface area contributed by atoms with Gasteiger partial charge < -0.3 is 15.5 Å². The molecule has 2 rings (SSSR count). The van der Waals surface area contributed by atoms with Crippen molar-refractivity contribution in [3.05, 3.63) is 65.7 Å². The van der Waals surface area contributed by atoms with Gasteiger partial charge in [0, 0.05) is 0 Å². The van der Waals surface area contributed by atoms with Gasteiger partial charge in [-0.25, -0.2) is 9.59 Å². The minimum atomic E-state index is -1.30. The molecule has 7 nitrogen and oxygen atoms in total. The van der Waals surface area contributed by atoms with Gasteiger partial charge in [-0.15, -0.1) is 0 Å². The predicted octanol–water partition coefficient (Wildman–Crippen LogP) is 1.66. The van der Waals surface area contributed by atoms with Crippen LogP contribution in [0, 0.1) is 0 Å². The molecule has 23 heavy (non-hydrogen) atoms. The second-order valence-corrected chi connectivity index (χ2v) is 4.63. The predicted molar refractivity (Wildman–Crippen MR) is 80.9 cm³/mol. The summed E-state index contributed by atoms with van der Waals surface area (Å²) in [5, 5.41) is 22.9. The van der Waals surface area contributed by atoms with E-state index in [1.807, 2.05) is 5.32 Å².